The van der Waals surface area contributed by atoms with Crippen LogP contribution in [-0.4, -0.2) is 12.2 Å². The first-order chi connectivity index (χ1) is 5.29. The van der Waals surface area contributed by atoms with Crippen molar-refractivity contribution in [1.29, 1.82) is 0 Å². The third kappa shape index (κ3) is 1.73. The fourth-order valence-corrected chi connectivity index (χ4v) is 1.59. The average molecular weight is 216 g/mol. The molecule has 2 nitrogen and oxygen atoms in total. The lowest BCUT2D eigenvalue weighted by atomic mass is 10.2. The number of hydrogen-bond donors (Lipinski definition) is 2. The van der Waals surface area contributed by atoms with Crippen LogP contribution in [0.15, 0.2) is 22.7 Å². The number of para-hydroxylation sites is 1. The molecule has 1 aromatic carbocycles. The van der Waals surface area contributed by atoms with Gasteiger partial charge in [0, 0.05) is 17.1 Å². The van der Waals surface area contributed by atoms with Gasteiger partial charge in [0.15, 0.2) is 0 Å². The maximum atomic E-state index is 8.91. The van der Waals surface area contributed by atoms with E-state index in [1.54, 1.807) is 0 Å². The third-order valence-electron chi connectivity index (χ3n) is 1.52. The fraction of sp³-hybridized carbons (Fsp3) is 0.250. The Kier molecular flexibility index (Phi) is 2.91. The van der Waals surface area contributed by atoms with E-state index >= 15 is 0 Å². The van der Waals surface area contributed by atoms with Crippen molar-refractivity contribution in [1.82, 2.24) is 0 Å². The van der Waals surface area contributed by atoms with Crippen LogP contribution in [0.5, 0.6) is 0 Å². The number of hydrogen-bond acceptors (Lipinski definition) is 2. The number of rotatable bonds is 2. The van der Waals surface area contributed by atoms with Crippen molar-refractivity contribution >= 4 is 21.6 Å². The van der Waals surface area contributed by atoms with Crippen LogP contribution in [-0.2, 0) is 6.61 Å². The molecule has 2 N–H and O–H groups in total. The summed E-state index contributed by atoms with van der Waals surface area (Å²) in [7, 11) is 1.83. The highest BCUT2D eigenvalue weighted by Gasteiger charge is 2.01. The Bertz CT molecular complexity index is 250. The summed E-state index contributed by atoms with van der Waals surface area (Å²) in [5.41, 5.74) is 1.86. The Morgan fingerprint density at radius 1 is 1.55 bits per heavy atom. The largest absolute Gasteiger partial charge is 0.392 e. The average Bonchev–Trinajstić information content (AvgIpc) is 2.04. The summed E-state index contributed by atoms with van der Waals surface area (Å²) < 4.78 is 0.978. The molecule has 3 heteroatoms. The summed E-state index contributed by atoms with van der Waals surface area (Å²) in [6.07, 6.45) is 0. The summed E-state index contributed by atoms with van der Waals surface area (Å²) in [5.74, 6) is 0. The molecular formula is C8H10BrNO. The first-order valence-corrected chi connectivity index (χ1v) is 4.15. The van der Waals surface area contributed by atoms with Crippen LogP contribution in [0.3, 0.4) is 0 Å². The van der Waals surface area contributed by atoms with Gasteiger partial charge in [-0.2, -0.15) is 0 Å². The predicted octanol–water partition coefficient (Wildman–Crippen LogP) is 1.98. The summed E-state index contributed by atoms with van der Waals surface area (Å²) in [4.78, 5) is 0. The second kappa shape index (κ2) is 3.74. The van der Waals surface area contributed by atoms with E-state index < -0.39 is 0 Å². The Hall–Kier alpha value is -0.540. The number of aliphatic hydroxyl groups is 1. The van der Waals surface area contributed by atoms with Crippen molar-refractivity contribution in [2.24, 2.45) is 0 Å². The topological polar surface area (TPSA) is 32.3 Å². The Balaban J connectivity index is 3.13. The Morgan fingerprint density at radius 3 is 2.73 bits per heavy atom. The summed E-state index contributed by atoms with van der Waals surface area (Å²) >= 11 is 3.37. The monoisotopic (exact) mass is 215 g/mol. The number of aliphatic hydroxyl groups excluding tert-OH is 1. The second-order valence-electron chi connectivity index (χ2n) is 2.18. The molecule has 0 spiro atoms. The molecule has 11 heavy (non-hydrogen) atoms. The summed E-state index contributed by atoms with van der Waals surface area (Å²) in [6.45, 7) is 0.0651. The van der Waals surface area contributed by atoms with E-state index in [0.29, 0.717) is 0 Å². The molecule has 0 radical (unpaired) electrons. The second-order valence-corrected chi connectivity index (χ2v) is 3.04. The summed E-state index contributed by atoms with van der Waals surface area (Å²) in [5, 5.41) is 11.9. The minimum atomic E-state index is 0.0651. The maximum absolute atomic E-state index is 8.91. The normalized spacial score (nSPS) is 9.73. The lowest BCUT2D eigenvalue weighted by Gasteiger charge is -2.07. The highest BCUT2D eigenvalue weighted by Crippen LogP contribution is 2.25. The number of nitrogens with one attached hydrogen (secondary N) is 1. The SMILES string of the molecule is CNc1c(Br)cccc1CO. The molecular weight excluding hydrogens is 206 g/mol. The van der Waals surface area contributed by atoms with E-state index in [-0.39, 0.29) is 6.61 Å². The van der Waals surface area contributed by atoms with Crippen molar-refractivity contribution in [3.63, 3.8) is 0 Å². The van der Waals surface area contributed by atoms with Gasteiger partial charge in [0.05, 0.1) is 12.3 Å². The maximum Gasteiger partial charge on any atom is 0.0702 e. The van der Waals surface area contributed by atoms with Crippen LogP contribution in [0.4, 0.5) is 5.69 Å². The molecule has 0 heterocycles. The molecule has 0 aliphatic rings. The predicted molar refractivity (Wildman–Crippen MR) is 49.6 cm³/mol. The zero-order chi connectivity index (χ0) is 8.27. The third-order valence-corrected chi connectivity index (χ3v) is 2.18. The molecule has 60 valence electrons. The highest BCUT2D eigenvalue weighted by molar-refractivity contribution is 9.10. The van der Waals surface area contributed by atoms with Crippen LogP contribution >= 0.6 is 15.9 Å². The molecule has 0 fully saturated rings. The first kappa shape index (κ1) is 8.56. The zero-order valence-corrected chi connectivity index (χ0v) is 7.85. The molecule has 0 unspecified atom stereocenters. The van der Waals surface area contributed by atoms with Crippen molar-refractivity contribution in [2.75, 3.05) is 12.4 Å². The van der Waals surface area contributed by atoms with E-state index in [2.05, 4.69) is 21.2 Å². The van der Waals surface area contributed by atoms with Gasteiger partial charge in [0.2, 0.25) is 0 Å². The molecule has 0 aromatic heterocycles. The van der Waals surface area contributed by atoms with Gasteiger partial charge in [-0.15, -0.1) is 0 Å². The minimum absolute atomic E-state index is 0.0651. The number of halogens is 1. The minimum Gasteiger partial charge on any atom is -0.392 e. The highest BCUT2D eigenvalue weighted by atomic mass is 79.9. The van der Waals surface area contributed by atoms with Gasteiger partial charge >= 0.3 is 0 Å². The Labute approximate surface area is 74.4 Å². The van der Waals surface area contributed by atoms with E-state index in [4.69, 9.17) is 5.11 Å². The van der Waals surface area contributed by atoms with Gasteiger partial charge in [0.25, 0.3) is 0 Å². The number of anilines is 1. The van der Waals surface area contributed by atoms with Crippen LogP contribution < -0.4 is 5.32 Å². The smallest absolute Gasteiger partial charge is 0.0702 e. The lowest BCUT2D eigenvalue weighted by molar-refractivity contribution is 0.282. The standard InChI is InChI=1S/C8H10BrNO/c1-10-8-6(5-11)3-2-4-7(8)9/h2-4,10-11H,5H2,1H3. The molecule has 0 aliphatic heterocycles. The van der Waals surface area contributed by atoms with E-state index in [1.165, 1.54) is 0 Å². The molecule has 0 bridgehead atoms. The van der Waals surface area contributed by atoms with Crippen LogP contribution in [0.1, 0.15) is 5.56 Å². The van der Waals surface area contributed by atoms with Crippen molar-refractivity contribution in [3.05, 3.63) is 28.2 Å². The molecule has 1 aromatic rings. The Morgan fingerprint density at radius 2 is 2.27 bits per heavy atom. The van der Waals surface area contributed by atoms with Crippen LogP contribution in [0.25, 0.3) is 0 Å². The molecule has 0 aliphatic carbocycles. The quantitative estimate of drug-likeness (QED) is 0.792. The van der Waals surface area contributed by atoms with Crippen molar-refractivity contribution in [2.45, 2.75) is 6.61 Å². The van der Waals surface area contributed by atoms with Crippen molar-refractivity contribution < 1.29 is 5.11 Å². The molecule has 0 saturated heterocycles. The lowest BCUT2D eigenvalue weighted by Crippen LogP contribution is -1.95. The van der Waals surface area contributed by atoms with Gasteiger partial charge in [-0.05, 0) is 22.0 Å². The van der Waals surface area contributed by atoms with E-state index in [1.807, 2.05) is 25.2 Å². The van der Waals surface area contributed by atoms with Gasteiger partial charge in [-0.25, -0.2) is 0 Å². The van der Waals surface area contributed by atoms with Crippen molar-refractivity contribution in [3.8, 4) is 0 Å². The van der Waals surface area contributed by atoms with E-state index in [9.17, 15) is 0 Å². The van der Waals surface area contributed by atoms with Crippen LogP contribution in [0.2, 0.25) is 0 Å². The zero-order valence-electron chi connectivity index (χ0n) is 6.26. The molecule has 0 saturated carbocycles. The first-order valence-electron chi connectivity index (χ1n) is 3.35. The van der Waals surface area contributed by atoms with Gasteiger partial charge in [-0.1, -0.05) is 12.1 Å². The summed E-state index contributed by atoms with van der Waals surface area (Å²) in [6, 6.07) is 5.72. The van der Waals surface area contributed by atoms with Gasteiger partial charge in [-0.3, -0.25) is 0 Å². The number of benzene rings is 1. The van der Waals surface area contributed by atoms with Gasteiger partial charge < -0.3 is 10.4 Å². The molecule has 0 atom stereocenters. The van der Waals surface area contributed by atoms with Gasteiger partial charge in [0.1, 0.15) is 0 Å². The fourth-order valence-electron chi connectivity index (χ4n) is 0.981. The van der Waals surface area contributed by atoms with E-state index in [0.717, 1.165) is 15.7 Å². The molecule has 1 rings (SSSR count). The van der Waals surface area contributed by atoms with Crippen LogP contribution in [0, 0.1) is 0 Å². The molecule has 0 amide bonds.